The van der Waals surface area contributed by atoms with E-state index in [2.05, 4.69) is 15.9 Å². The number of carbonyl (C=O) groups excluding carboxylic acids is 1. The summed E-state index contributed by atoms with van der Waals surface area (Å²) in [5.74, 6) is -0.425. The number of esters is 1. The summed E-state index contributed by atoms with van der Waals surface area (Å²) in [5.41, 5.74) is 1.14. The topological polar surface area (TPSA) is 46.5 Å². The van der Waals surface area contributed by atoms with Crippen molar-refractivity contribution in [3.63, 3.8) is 0 Å². The van der Waals surface area contributed by atoms with Gasteiger partial charge in [0, 0.05) is 0 Å². The van der Waals surface area contributed by atoms with Crippen LogP contribution in [0.15, 0.2) is 30.3 Å². The Morgan fingerprint density at radius 1 is 1.44 bits per heavy atom. The van der Waals surface area contributed by atoms with Crippen LogP contribution in [0.1, 0.15) is 25.8 Å². The van der Waals surface area contributed by atoms with Crippen molar-refractivity contribution in [2.24, 2.45) is 0 Å². The lowest BCUT2D eigenvalue weighted by atomic mass is 9.98. The molecule has 0 spiro atoms. The van der Waals surface area contributed by atoms with Crippen LogP contribution in [0.5, 0.6) is 0 Å². The van der Waals surface area contributed by atoms with Gasteiger partial charge in [0.2, 0.25) is 0 Å². The standard InChI is InChI=1S/C14H19BrO3/c1-3-18-13(17)14(2,15)12(16)10-9-11-7-5-4-6-8-11/h4-8,12,16H,3,9-10H2,1-2H3/t12-,14-/m1/s1. The Kier molecular flexibility index (Phi) is 5.82. The lowest BCUT2D eigenvalue weighted by molar-refractivity contribution is -0.148. The first-order valence-electron chi connectivity index (χ1n) is 6.06. The van der Waals surface area contributed by atoms with Crippen LogP contribution in [0.2, 0.25) is 0 Å². The molecule has 0 fully saturated rings. The van der Waals surface area contributed by atoms with Crippen LogP contribution >= 0.6 is 15.9 Å². The third-order valence-corrected chi connectivity index (χ3v) is 3.70. The molecular formula is C14H19BrO3. The first-order valence-corrected chi connectivity index (χ1v) is 6.86. The van der Waals surface area contributed by atoms with Gasteiger partial charge in [0.25, 0.3) is 0 Å². The lowest BCUT2D eigenvalue weighted by Gasteiger charge is -2.26. The summed E-state index contributed by atoms with van der Waals surface area (Å²) in [6, 6.07) is 9.87. The second kappa shape index (κ2) is 6.90. The largest absolute Gasteiger partial charge is 0.465 e. The molecule has 0 amide bonds. The summed E-state index contributed by atoms with van der Waals surface area (Å²) in [5, 5.41) is 10.1. The van der Waals surface area contributed by atoms with Crippen LogP contribution in [0.25, 0.3) is 0 Å². The highest BCUT2D eigenvalue weighted by Crippen LogP contribution is 2.27. The second-order valence-corrected chi connectivity index (χ2v) is 5.98. The molecule has 0 aliphatic rings. The molecule has 0 unspecified atom stereocenters. The number of benzene rings is 1. The van der Waals surface area contributed by atoms with E-state index in [1.165, 1.54) is 0 Å². The Morgan fingerprint density at radius 3 is 2.61 bits per heavy atom. The molecule has 100 valence electrons. The van der Waals surface area contributed by atoms with E-state index >= 15 is 0 Å². The Labute approximate surface area is 116 Å². The Bertz CT molecular complexity index is 376. The van der Waals surface area contributed by atoms with Crippen molar-refractivity contribution in [3.8, 4) is 0 Å². The van der Waals surface area contributed by atoms with Gasteiger partial charge in [0.15, 0.2) is 0 Å². The fourth-order valence-electron chi connectivity index (χ4n) is 1.63. The molecule has 0 aromatic heterocycles. The van der Waals surface area contributed by atoms with Crippen molar-refractivity contribution in [1.82, 2.24) is 0 Å². The van der Waals surface area contributed by atoms with Gasteiger partial charge in [-0.1, -0.05) is 46.3 Å². The van der Waals surface area contributed by atoms with Gasteiger partial charge in [-0.2, -0.15) is 0 Å². The zero-order chi connectivity index (χ0) is 13.6. The fourth-order valence-corrected chi connectivity index (χ4v) is 1.97. The summed E-state index contributed by atoms with van der Waals surface area (Å²) < 4.78 is 3.89. The van der Waals surface area contributed by atoms with Gasteiger partial charge < -0.3 is 9.84 Å². The molecule has 1 rings (SSSR count). The minimum absolute atomic E-state index is 0.311. The number of rotatable bonds is 6. The fraction of sp³-hybridized carbons (Fsp3) is 0.500. The Balaban J connectivity index is 2.54. The van der Waals surface area contributed by atoms with Crippen LogP contribution < -0.4 is 0 Å². The number of alkyl halides is 1. The van der Waals surface area contributed by atoms with E-state index in [-0.39, 0.29) is 0 Å². The first kappa shape index (κ1) is 15.2. The second-order valence-electron chi connectivity index (χ2n) is 4.34. The van der Waals surface area contributed by atoms with Gasteiger partial charge in [-0.15, -0.1) is 0 Å². The van der Waals surface area contributed by atoms with Gasteiger partial charge in [-0.25, -0.2) is 0 Å². The zero-order valence-corrected chi connectivity index (χ0v) is 12.3. The number of aliphatic hydroxyl groups is 1. The molecule has 0 aliphatic heterocycles. The van der Waals surface area contributed by atoms with E-state index in [9.17, 15) is 9.90 Å². The van der Waals surface area contributed by atoms with Crippen LogP contribution in [-0.4, -0.2) is 28.1 Å². The van der Waals surface area contributed by atoms with E-state index < -0.39 is 16.4 Å². The molecule has 0 saturated heterocycles. The van der Waals surface area contributed by atoms with Crippen molar-refractivity contribution < 1.29 is 14.6 Å². The first-order chi connectivity index (χ1) is 8.48. The van der Waals surface area contributed by atoms with Crippen molar-refractivity contribution in [3.05, 3.63) is 35.9 Å². The molecular weight excluding hydrogens is 296 g/mol. The van der Waals surface area contributed by atoms with Crippen molar-refractivity contribution in [2.75, 3.05) is 6.61 Å². The molecule has 2 atom stereocenters. The molecule has 0 saturated carbocycles. The van der Waals surface area contributed by atoms with E-state index in [1.54, 1.807) is 13.8 Å². The van der Waals surface area contributed by atoms with Gasteiger partial charge >= 0.3 is 5.97 Å². The van der Waals surface area contributed by atoms with E-state index in [0.717, 1.165) is 12.0 Å². The van der Waals surface area contributed by atoms with Crippen molar-refractivity contribution in [2.45, 2.75) is 37.1 Å². The number of aliphatic hydroxyl groups excluding tert-OH is 1. The number of hydrogen-bond acceptors (Lipinski definition) is 3. The number of hydrogen-bond donors (Lipinski definition) is 1. The molecule has 3 nitrogen and oxygen atoms in total. The Hall–Kier alpha value is -0.870. The molecule has 0 heterocycles. The Morgan fingerprint density at radius 2 is 2.06 bits per heavy atom. The lowest BCUT2D eigenvalue weighted by Crippen LogP contribution is -2.42. The van der Waals surface area contributed by atoms with Crippen molar-refractivity contribution >= 4 is 21.9 Å². The maximum atomic E-state index is 11.7. The number of carbonyl (C=O) groups is 1. The third kappa shape index (κ3) is 4.10. The average Bonchev–Trinajstić information content (AvgIpc) is 2.37. The number of aryl methyl sites for hydroxylation is 1. The highest BCUT2D eigenvalue weighted by Gasteiger charge is 2.39. The monoisotopic (exact) mass is 314 g/mol. The normalized spacial score (nSPS) is 15.8. The van der Waals surface area contributed by atoms with Crippen LogP contribution in [0, 0.1) is 0 Å². The predicted molar refractivity (Wildman–Crippen MR) is 74.7 cm³/mol. The van der Waals surface area contributed by atoms with Gasteiger partial charge in [-0.3, -0.25) is 4.79 Å². The third-order valence-electron chi connectivity index (χ3n) is 2.85. The summed E-state index contributed by atoms with van der Waals surface area (Å²) in [7, 11) is 0. The maximum Gasteiger partial charge on any atom is 0.325 e. The summed E-state index contributed by atoms with van der Waals surface area (Å²) in [4.78, 5) is 11.7. The predicted octanol–water partition coefficient (Wildman–Crippen LogP) is 2.70. The quantitative estimate of drug-likeness (QED) is 0.648. The van der Waals surface area contributed by atoms with Crippen LogP contribution in [0.3, 0.4) is 0 Å². The molecule has 4 heteroatoms. The highest BCUT2D eigenvalue weighted by atomic mass is 79.9. The minimum Gasteiger partial charge on any atom is -0.465 e. The van der Waals surface area contributed by atoms with Gasteiger partial charge in [0.05, 0.1) is 12.7 Å². The minimum atomic E-state index is -1.04. The van der Waals surface area contributed by atoms with Crippen molar-refractivity contribution in [1.29, 1.82) is 0 Å². The summed E-state index contributed by atoms with van der Waals surface area (Å²) >= 11 is 3.26. The van der Waals surface area contributed by atoms with E-state index in [1.807, 2.05) is 30.3 Å². The van der Waals surface area contributed by atoms with Gasteiger partial charge in [-0.05, 0) is 32.3 Å². The summed E-state index contributed by atoms with van der Waals surface area (Å²) in [6.45, 7) is 3.70. The molecule has 0 radical (unpaired) electrons. The zero-order valence-electron chi connectivity index (χ0n) is 10.7. The number of ether oxygens (including phenoxy) is 1. The summed E-state index contributed by atoms with van der Waals surface area (Å²) in [6.07, 6.45) is 0.449. The number of halogens is 1. The molecule has 18 heavy (non-hydrogen) atoms. The van der Waals surface area contributed by atoms with E-state index in [4.69, 9.17) is 4.74 Å². The maximum absolute atomic E-state index is 11.7. The molecule has 1 aromatic carbocycles. The molecule has 0 aliphatic carbocycles. The average molecular weight is 315 g/mol. The van der Waals surface area contributed by atoms with Gasteiger partial charge in [0.1, 0.15) is 4.32 Å². The SMILES string of the molecule is CCOC(=O)[C@](C)(Br)[C@H](O)CCc1ccccc1. The molecule has 1 N–H and O–H groups in total. The van der Waals surface area contributed by atoms with Crippen LogP contribution in [-0.2, 0) is 16.0 Å². The highest BCUT2D eigenvalue weighted by molar-refractivity contribution is 9.10. The van der Waals surface area contributed by atoms with E-state index in [0.29, 0.717) is 13.0 Å². The molecule has 0 bridgehead atoms. The molecule has 1 aromatic rings. The van der Waals surface area contributed by atoms with Crippen LogP contribution in [0.4, 0.5) is 0 Å². The smallest absolute Gasteiger partial charge is 0.325 e.